The first-order valence-electron chi connectivity index (χ1n) is 9.24. The maximum Gasteiger partial charge on any atom is 0.324 e. The highest BCUT2D eigenvalue weighted by atomic mass is 16.5. The van der Waals surface area contributed by atoms with Gasteiger partial charge < -0.3 is 14.4 Å². The molecule has 0 saturated carbocycles. The molecular formula is C21H25N3O4. The number of Topliss-reactive ketones (excluding diaryl/α,β-unsaturated/α-hetero) is 1. The van der Waals surface area contributed by atoms with E-state index >= 15 is 0 Å². The number of rotatable bonds is 5. The first-order chi connectivity index (χ1) is 13.5. The van der Waals surface area contributed by atoms with Gasteiger partial charge in [0.2, 0.25) is 5.88 Å². The fourth-order valence-corrected chi connectivity index (χ4v) is 3.36. The number of piperidine rings is 1. The Balaban J connectivity index is 1.59. The van der Waals surface area contributed by atoms with Gasteiger partial charge in [-0.15, -0.1) is 0 Å². The maximum absolute atomic E-state index is 12.8. The monoisotopic (exact) mass is 383 g/mol. The van der Waals surface area contributed by atoms with Crippen LogP contribution >= 0.6 is 0 Å². The predicted octanol–water partition coefficient (Wildman–Crippen LogP) is 3.25. The number of nitrogens with zero attached hydrogens (tertiary/aromatic N) is 3. The number of hydrogen-bond donors (Lipinski definition) is 0. The van der Waals surface area contributed by atoms with E-state index in [9.17, 15) is 9.59 Å². The molecule has 2 heterocycles. The van der Waals surface area contributed by atoms with Crippen LogP contribution in [0.5, 0.6) is 11.6 Å². The van der Waals surface area contributed by atoms with Crippen molar-refractivity contribution in [1.29, 1.82) is 0 Å². The van der Waals surface area contributed by atoms with Crippen molar-refractivity contribution < 1.29 is 19.1 Å². The van der Waals surface area contributed by atoms with E-state index in [1.54, 1.807) is 55.5 Å². The first kappa shape index (κ1) is 19.7. The number of ether oxygens (including phenoxy) is 2. The molecule has 1 aromatic carbocycles. The van der Waals surface area contributed by atoms with Gasteiger partial charge >= 0.3 is 6.03 Å². The number of anilines is 1. The number of carbonyl (C=O) groups excluding carboxylic acids is 2. The van der Waals surface area contributed by atoms with Gasteiger partial charge in [-0.25, -0.2) is 9.78 Å². The Hall–Kier alpha value is -3.09. The van der Waals surface area contributed by atoms with E-state index in [-0.39, 0.29) is 17.7 Å². The van der Waals surface area contributed by atoms with Crippen LogP contribution in [0.3, 0.4) is 0 Å². The fraction of sp³-hybridized carbons (Fsp3) is 0.381. The summed E-state index contributed by atoms with van der Waals surface area (Å²) in [5.41, 5.74) is 1.35. The molecule has 7 nitrogen and oxygen atoms in total. The van der Waals surface area contributed by atoms with Gasteiger partial charge in [-0.3, -0.25) is 9.69 Å². The Morgan fingerprint density at radius 3 is 2.46 bits per heavy atom. The lowest BCUT2D eigenvalue weighted by Crippen LogP contribution is -2.46. The van der Waals surface area contributed by atoms with E-state index in [0.29, 0.717) is 48.8 Å². The molecule has 28 heavy (non-hydrogen) atoms. The van der Waals surface area contributed by atoms with Gasteiger partial charge in [0.15, 0.2) is 5.78 Å². The number of pyridine rings is 1. The number of aromatic nitrogens is 1. The van der Waals surface area contributed by atoms with Crippen LogP contribution in [0.2, 0.25) is 0 Å². The number of amides is 2. The molecule has 0 unspecified atom stereocenters. The Morgan fingerprint density at radius 1 is 1.11 bits per heavy atom. The van der Waals surface area contributed by atoms with E-state index < -0.39 is 0 Å². The molecule has 2 aromatic rings. The molecule has 0 spiro atoms. The number of likely N-dealkylation sites (tertiary alicyclic amines) is 1. The van der Waals surface area contributed by atoms with Gasteiger partial charge in [0.1, 0.15) is 5.75 Å². The van der Waals surface area contributed by atoms with Crippen LogP contribution < -0.4 is 14.4 Å². The molecule has 7 heteroatoms. The summed E-state index contributed by atoms with van der Waals surface area (Å²) in [6.07, 6.45) is 2.91. The zero-order valence-corrected chi connectivity index (χ0v) is 16.4. The Labute approximate surface area is 164 Å². The number of carbonyl (C=O) groups is 2. The van der Waals surface area contributed by atoms with Gasteiger partial charge in [-0.05, 0) is 31.0 Å². The average Bonchev–Trinajstić information content (AvgIpc) is 2.77. The lowest BCUT2D eigenvalue weighted by Gasteiger charge is -2.34. The predicted molar refractivity (Wildman–Crippen MR) is 106 cm³/mol. The van der Waals surface area contributed by atoms with Gasteiger partial charge in [-0.2, -0.15) is 0 Å². The van der Waals surface area contributed by atoms with Crippen molar-refractivity contribution in [3.05, 3.63) is 48.2 Å². The third-order valence-corrected chi connectivity index (χ3v) is 5.09. The second-order valence-corrected chi connectivity index (χ2v) is 6.76. The third kappa shape index (κ3) is 4.24. The SMILES string of the molecule is COc1cccc(C(=O)C2CCN(C(=O)N(C)c3ccc(OC)nc3)CC2)c1. The summed E-state index contributed by atoms with van der Waals surface area (Å²) in [6, 6.07) is 10.6. The Kier molecular flexibility index (Phi) is 6.13. The van der Waals surface area contributed by atoms with Crippen molar-refractivity contribution >= 4 is 17.5 Å². The molecule has 148 valence electrons. The molecule has 1 aliphatic heterocycles. The van der Waals surface area contributed by atoms with E-state index in [1.165, 1.54) is 0 Å². The fourth-order valence-electron chi connectivity index (χ4n) is 3.36. The number of benzene rings is 1. The molecule has 0 atom stereocenters. The molecule has 1 fully saturated rings. The van der Waals surface area contributed by atoms with Gasteiger partial charge in [0.05, 0.1) is 26.1 Å². The molecular weight excluding hydrogens is 358 g/mol. The van der Waals surface area contributed by atoms with E-state index in [4.69, 9.17) is 9.47 Å². The van der Waals surface area contributed by atoms with Crippen LogP contribution in [0.4, 0.5) is 10.5 Å². The van der Waals surface area contributed by atoms with Crippen LogP contribution in [-0.4, -0.2) is 56.1 Å². The zero-order chi connectivity index (χ0) is 20.1. The Morgan fingerprint density at radius 2 is 1.86 bits per heavy atom. The van der Waals surface area contributed by atoms with Crippen molar-refractivity contribution in [2.24, 2.45) is 5.92 Å². The molecule has 0 bridgehead atoms. The molecule has 0 aliphatic carbocycles. The van der Waals surface area contributed by atoms with Gasteiger partial charge in [0.25, 0.3) is 0 Å². The lowest BCUT2D eigenvalue weighted by molar-refractivity contribution is 0.0857. The number of urea groups is 1. The van der Waals surface area contributed by atoms with Gasteiger partial charge in [0, 0.05) is 37.7 Å². The molecule has 0 radical (unpaired) electrons. The number of ketones is 1. The van der Waals surface area contributed by atoms with E-state index in [2.05, 4.69) is 4.98 Å². The standard InChI is InChI=1S/C21H25N3O4/c1-23(17-7-8-19(28-3)22-14-17)21(26)24-11-9-15(10-12-24)20(25)16-5-4-6-18(13-16)27-2/h4-8,13-15H,9-12H2,1-3H3. The second kappa shape index (κ2) is 8.73. The summed E-state index contributed by atoms with van der Waals surface area (Å²) in [7, 11) is 4.86. The maximum atomic E-state index is 12.8. The second-order valence-electron chi connectivity index (χ2n) is 6.76. The van der Waals surface area contributed by atoms with Gasteiger partial charge in [-0.1, -0.05) is 12.1 Å². The highest BCUT2D eigenvalue weighted by molar-refractivity contribution is 5.98. The van der Waals surface area contributed by atoms with Crippen molar-refractivity contribution in [3.63, 3.8) is 0 Å². The minimum Gasteiger partial charge on any atom is -0.497 e. The van der Waals surface area contributed by atoms with Crippen molar-refractivity contribution in [3.8, 4) is 11.6 Å². The molecule has 0 N–H and O–H groups in total. The first-order valence-corrected chi connectivity index (χ1v) is 9.24. The minimum atomic E-state index is -0.0979. The smallest absolute Gasteiger partial charge is 0.324 e. The van der Waals surface area contributed by atoms with Crippen molar-refractivity contribution in [2.45, 2.75) is 12.8 Å². The van der Waals surface area contributed by atoms with Crippen LogP contribution in [0.1, 0.15) is 23.2 Å². The molecule has 2 amide bonds. The normalized spacial score (nSPS) is 14.5. The lowest BCUT2D eigenvalue weighted by atomic mass is 9.89. The largest absolute Gasteiger partial charge is 0.497 e. The summed E-state index contributed by atoms with van der Waals surface area (Å²) in [4.78, 5) is 33.0. The summed E-state index contributed by atoms with van der Waals surface area (Å²) in [6.45, 7) is 1.10. The summed E-state index contributed by atoms with van der Waals surface area (Å²) in [5.74, 6) is 1.21. The highest BCUT2D eigenvalue weighted by Gasteiger charge is 2.29. The number of methoxy groups -OCH3 is 2. The summed E-state index contributed by atoms with van der Waals surface area (Å²) in [5, 5.41) is 0. The topological polar surface area (TPSA) is 72.0 Å². The van der Waals surface area contributed by atoms with Crippen LogP contribution in [-0.2, 0) is 0 Å². The molecule has 1 aliphatic rings. The summed E-state index contributed by atoms with van der Waals surface area (Å²) >= 11 is 0. The number of hydrogen-bond acceptors (Lipinski definition) is 5. The van der Waals surface area contributed by atoms with Crippen LogP contribution in [0, 0.1) is 5.92 Å². The van der Waals surface area contributed by atoms with Crippen molar-refractivity contribution in [2.75, 3.05) is 39.3 Å². The quantitative estimate of drug-likeness (QED) is 0.741. The van der Waals surface area contributed by atoms with E-state index in [0.717, 1.165) is 0 Å². The molecule has 1 saturated heterocycles. The molecule has 1 aromatic heterocycles. The minimum absolute atomic E-state index is 0.0795. The summed E-state index contributed by atoms with van der Waals surface area (Å²) < 4.78 is 10.2. The van der Waals surface area contributed by atoms with E-state index in [1.807, 2.05) is 18.2 Å². The van der Waals surface area contributed by atoms with Crippen LogP contribution in [0.25, 0.3) is 0 Å². The highest BCUT2D eigenvalue weighted by Crippen LogP contribution is 2.25. The average molecular weight is 383 g/mol. The Bertz CT molecular complexity index is 830. The van der Waals surface area contributed by atoms with Crippen LogP contribution in [0.15, 0.2) is 42.6 Å². The van der Waals surface area contributed by atoms with Crippen molar-refractivity contribution in [1.82, 2.24) is 9.88 Å². The third-order valence-electron chi connectivity index (χ3n) is 5.09. The molecule has 3 rings (SSSR count). The zero-order valence-electron chi connectivity index (χ0n) is 16.4.